The zero-order valence-corrected chi connectivity index (χ0v) is 17.2. The number of hydrogen-bond donors (Lipinski definition) is 0. The number of hydrogen-bond acceptors (Lipinski definition) is 5. The molecule has 0 atom stereocenters. The standard InChI is InChI=1S/C23H20F2N4O3/c1-2-32-20-11-21-26-16(13-28-9-4-3-8-22(28)31)14-29(21)12-15(20)10-19(30)17-6-5-7-18(27-17)23(24)25/h3-9,11-12,14,23H,2,10,13H2,1H3. The van der Waals surface area contributed by atoms with Gasteiger partial charge in [-0.1, -0.05) is 12.1 Å². The molecule has 0 bridgehead atoms. The Morgan fingerprint density at radius 3 is 2.72 bits per heavy atom. The van der Waals surface area contributed by atoms with Crippen molar-refractivity contribution in [3.8, 4) is 5.75 Å². The molecule has 164 valence electrons. The maximum Gasteiger partial charge on any atom is 0.280 e. The van der Waals surface area contributed by atoms with Gasteiger partial charge in [0.15, 0.2) is 5.78 Å². The van der Waals surface area contributed by atoms with Gasteiger partial charge in [0.25, 0.3) is 12.0 Å². The molecule has 0 amide bonds. The lowest BCUT2D eigenvalue weighted by Crippen LogP contribution is -2.18. The van der Waals surface area contributed by atoms with Gasteiger partial charge in [-0.2, -0.15) is 0 Å². The predicted octanol–water partition coefficient (Wildman–Crippen LogP) is 3.70. The van der Waals surface area contributed by atoms with Gasteiger partial charge >= 0.3 is 0 Å². The second kappa shape index (κ2) is 9.09. The molecule has 0 fully saturated rings. The smallest absolute Gasteiger partial charge is 0.280 e. The van der Waals surface area contributed by atoms with Gasteiger partial charge in [0.05, 0.1) is 18.8 Å². The van der Waals surface area contributed by atoms with Crippen LogP contribution < -0.4 is 10.3 Å². The van der Waals surface area contributed by atoms with Crippen molar-refractivity contribution >= 4 is 11.4 Å². The molecular formula is C23H20F2N4O3. The van der Waals surface area contributed by atoms with Crippen LogP contribution in [0.1, 0.15) is 40.8 Å². The number of fused-ring (bicyclic) bond motifs is 1. The number of carbonyl (C=O) groups is 1. The van der Waals surface area contributed by atoms with Gasteiger partial charge in [-0.05, 0) is 25.1 Å². The van der Waals surface area contributed by atoms with Gasteiger partial charge in [-0.3, -0.25) is 9.59 Å². The van der Waals surface area contributed by atoms with Crippen LogP contribution in [0.3, 0.4) is 0 Å². The molecular weight excluding hydrogens is 418 g/mol. The van der Waals surface area contributed by atoms with Crippen LogP contribution in [0.15, 0.2) is 65.8 Å². The number of ketones is 1. The molecule has 9 heteroatoms. The summed E-state index contributed by atoms with van der Waals surface area (Å²) in [6, 6.07) is 10.6. The van der Waals surface area contributed by atoms with E-state index in [1.807, 2.05) is 6.92 Å². The Balaban J connectivity index is 1.65. The molecule has 4 aromatic heterocycles. The van der Waals surface area contributed by atoms with Crippen molar-refractivity contribution in [3.63, 3.8) is 0 Å². The molecule has 4 aromatic rings. The zero-order chi connectivity index (χ0) is 22.7. The summed E-state index contributed by atoms with van der Waals surface area (Å²) in [4.78, 5) is 33.0. The summed E-state index contributed by atoms with van der Waals surface area (Å²) in [5.41, 5.74) is 1.24. The number of aromatic nitrogens is 4. The van der Waals surface area contributed by atoms with E-state index in [-0.39, 0.29) is 17.7 Å². The Morgan fingerprint density at radius 2 is 1.97 bits per heavy atom. The van der Waals surface area contributed by atoms with Crippen LogP contribution in [0.2, 0.25) is 0 Å². The molecule has 0 saturated carbocycles. The summed E-state index contributed by atoms with van der Waals surface area (Å²) in [5, 5.41) is 0. The summed E-state index contributed by atoms with van der Waals surface area (Å²) >= 11 is 0. The molecule has 0 N–H and O–H groups in total. The highest BCUT2D eigenvalue weighted by Gasteiger charge is 2.17. The van der Waals surface area contributed by atoms with Crippen molar-refractivity contribution in [2.24, 2.45) is 0 Å². The van der Waals surface area contributed by atoms with Crippen LogP contribution in [0, 0.1) is 0 Å². The third-order valence-electron chi connectivity index (χ3n) is 4.84. The number of Topliss-reactive ketones (excluding diaryl/α,β-unsaturated/α-hetero) is 1. The molecule has 0 aliphatic heterocycles. The molecule has 0 unspecified atom stereocenters. The van der Waals surface area contributed by atoms with Crippen LogP contribution in [-0.2, 0) is 13.0 Å². The van der Waals surface area contributed by atoms with E-state index in [1.165, 1.54) is 28.8 Å². The van der Waals surface area contributed by atoms with E-state index in [0.29, 0.717) is 35.8 Å². The van der Waals surface area contributed by atoms with Crippen molar-refractivity contribution in [1.82, 2.24) is 18.9 Å². The maximum absolute atomic E-state index is 12.9. The van der Waals surface area contributed by atoms with E-state index in [1.54, 1.807) is 41.2 Å². The molecule has 4 heterocycles. The molecule has 0 aliphatic carbocycles. The number of nitrogens with zero attached hydrogens (tertiary/aromatic N) is 4. The van der Waals surface area contributed by atoms with E-state index < -0.39 is 17.9 Å². The van der Waals surface area contributed by atoms with Crippen molar-refractivity contribution in [3.05, 3.63) is 94.1 Å². The Kier molecular flexibility index (Phi) is 6.07. The Hall–Kier alpha value is -3.88. The summed E-state index contributed by atoms with van der Waals surface area (Å²) < 4.78 is 34.8. The number of imidazole rings is 1. The van der Waals surface area contributed by atoms with E-state index in [0.717, 1.165) is 0 Å². The fraction of sp³-hybridized carbons (Fsp3) is 0.217. The van der Waals surface area contributed by atoms with E-state index >= 15 is 0 Å². The molecule has 7 nitrogen and oxygen atoms in total. The van der Waals surface area contributed by atoms with E-state index in [4.69, 9.17) is 4.74 Å². The molecule has 0 aromatic carbocycles. The quantitative estimate of drug-likeness (QED) is 0.392. The van der Waals surface area contributed by atoms with Crippen LogP contribution in [0.5, 0.6) is 5.75 Å². The fourth-order valence-corrected chi connectivity index (χ4v) is 3.37. The van der Waals surface area contributed by atoms with Gasteiger partial charge in [0.2, 0.25) is 0 Å². The van der Waals surface area contributed by atoms with Crippen molar-refractivity contribution in [2.75, 3.05) is 6.61 Å². The number of halogens is 2. The Morgan fingerprint density at radius 1 is 1.12 bits per heavy atom. The normalized spacial score (nSPS) is 11.2. The number of ether oxygens (including phenoxy) is 1. The second-order valence-electron chi connectivity index (χ2n) is 7.11. The summed E-state index contributed by atoms with van der Waals surface area (Å²) in [5.74, 6) is 0.0800. The number of carbonyl (C=O) groups excluding carboxylic acids is 1. The Bertz CT molecular complexity index is 1330. The van der Waals surface area contributed by atoms with Gasteiger partial charge < -0.3 is 13.7 Å². The first-order valence-electron chi connectivity index (χ1n) is 10.0. The highest BCUT2D eigenvalue weighted by molar-refractivity contribution is 5.96. The molecule has 0 radical (unpaired) electrons. The largest absolute Gasteiger partial charge is 0.493 e. The lowest BCUT2D eigenvalue weighted by Gasteiger charge is -2.11. The number of pyridine rings is 3. The first kappa shape index (κ1) is 21.4. The van der Waals surface area contributed by atoms with Gasteiger partial charge in [0, 0.05) is 42.7 Å². The Labute approximate surface area is 181 Å². The van der Waals surface area contributed by atoms with Crippen LogP contribution in [-0.4, -0.2) is 31.3 Å². The molecule has 32 heavy (non-hydrogen) atoms. The van der Waals surface area contributed by atoms with Crippen LogP contribution >= 0.6 is 0 Å². The molecule has 0 saturated heterocycles. The average molecular weight is 438 g/mol. The SMILES string of the molecule is CCOc1cc2nc(Cn3ccccc3=O)cn2cc1CC(=O)c1cccc(C(F)F)n1. The maximum atomic E-state index is 12.9. The lowest BCUT2D eigenvalue weighted by atomic mass is 10.1. The van der Waals surface area contributed by atoms with Crippen molar-refractivity contribution in [2.45, 2.75) is 26.3 Å². The lowest BCUT2D eigenvalue weighted by molar-refractivity contribution is 0.0984. The molecule has 0 spiro atoms. The minimum absolute atomic E-state index is 0.0277. The summed E-state index contributed by atoms with van der Waals surface area (Å²) in [7, 11) is 0. The summed E-state index contributed by atoms with van der Waals surface area (Å²) in [6.07, 6.45) is 2.35. The third kappa shape index (κ3) is 4.56. The van der Waals surface area contributed by atoms with Gasteiger partial charge in [-0.25, -0.2) is 18.7 Å². The van der Waals surface area contributed by atoms with Gasteiger partial charge in [0.1, 0.15) is 22.8 Å². The first-order valence-corrected chi connectivity index (χ1v) is 10.0. The third-order valence-corrected chi connectivity index (χ3v) is 4.84. The van der Waals surface area contributed by atoms with Crippen molar-refractivity contribution in [1.29, 1.82) is 0 Å². The topological polar surface area (TPSA) is 78.5 Å². The molecule has 0 aliphatic rings. The molecule has 4 rings (SSSR count). The van der Waals surface area contributed by atoms with Gasteiger partial charge in [-0.15, -0.1) is 0 Å². The number of rotatable bonds is 8. The zero-order valence-electron chi connectivity index (χ0n) is 17.2. The average Bonchev–Trinajstić information content (AvgIpc) is 3.17. The van der Waals surface area contributed by atoms with E-state index in [9.17, 15) is 18.4 Å². The van der Waals surface area contributed by atoms with Crippen LogP contribution in [0.4, 0.5) is 8.78 Å². The monoisotopic (exact) mass is 438 g/mol. The highest BCUT2D eigenvalue weighted by atomic mass is 19.3. The van der Waals surface area contributed by atoms with Crippen molar-refractivity contribution < 1.29 is 18.3 Å². The predicted molar refractivity (Wildman–Crippen MR) is 113 cm³/mol. The van der Waals surface area contributed by atoms with Crippen LogP contribution in [0.25, 0.3) is 5.65 Å². The number of alkyl halides is 2. The minimum Gasteiger partial charge on any atom is -0.493 e. The van der Waals surface area contributed by atoms with E-state index in [2.05, 4.69) is 9.97 Å². The highest BCUT2D eigenvalue weighted by Crippen LogP contribution is 2.24. The minimum atomic E-state index is -2.75. The first-order chi connectivity index (χ1) is 15.4. The fourth-order valence-electron chi connectivity index (χ4n) is 3.37. The second-order valence-corrected chi connectivity index (χ2v) is 7.11. The summed E-state index contributed by atoms with van der Waals surface area (Å²) in [6.45, 7) is 2.50.